The molecular formula is C9H4Cl6O4. The van der Waals surface area contributed by atoms with Gasteiger partial charge in [0, 0.05) is 0 Å². The zero-order valence-corrected chi connectivity index (χ0v) is 13.2. The summed E-state index contributed by atoms with van der Waals surface area (Å²) in [5, 5.41) is 17.8. The Morgan fingerprint density at radius 3 is 1.32 bits per heavy atom. The Morgan fingerprint density at radius 2 is 1.11 bits per heavy atom. The van der Waals surface area contributed by atoms with E-state index in [1.54, 1.807) is 0 Å². The summed E-state index contributed by atoms with van der Waals surface area (Å²) in [7, 11) is 0. The van der Waals surface area contributed by atoms with Gasteiger partial charge in [-0.1, -0.05) is 46.4 Å². The average molecular weight is 389 g/mol. The summed E-state index contributed by atoms with van der Waals surface area (Å²) in [4.78, 5) is 18.5. The fourth-order valence-electron chi connectivity index (χ4n) is 2.61. The van der Waals surface area contributed by atoms with Gasteiger partial charge in [-0.3, -0.25) is 9.59 Å². The summed E-state index contributed by atoms with van der Waals surface area (Å²) in [5.41, 5.74) is 0. The molecule has 4 nitrogen and oxygen atoms in total. The molecule has 2 aliphatic rings. The second kappa shape index (κ2) is 4.21. The maximum Gasteiger partial charge on any atom is 0.309 e. The van der Waals surface area contributed by atoms with E-state index in [-0.39, 0.29) is 10.1 Å². The van der Waals surface area contributed by atoms with Crippen molar-refractivity contribution in [2.45, 2.75) is 14.1 Å². The number of aliphatic carboxylic acids is 2. The van der Waals surface area contributed by atoms with Crippen LogP contribution in [-0.2, 0) is 9.59 Å². The minimum atomic E-state index is -2.18. The second-order valence-corrected chi connectivity index (χ2v) is 7.53. The van der Waals surface area contributed by atoms with Crippen LogP contribution in [0.1, 0.15) is 0 Å². The van der Waals surface area contributed by atoms with Crippen LogP contribution in [0.3, 0.4) is 0 Å². The highest BCUT2D eigenvalue weighted by Gasteiger charge is 2.85. The molecule has 0 spiro atoms. The molecule has 1 fully saturated rings. The highest BCUT2D eigenvalue weighted by molar-refractivity contribution is 6.66. The number of alkyl halides is 4. The quantitative estimate of drug-likeness (QED) is 0.712. The summed E-state index contributed by atoms with van der Waals surface area (Å²) in [5.74, 6) is -6.49. The van der Waals surface area contributed by atoms with Crippen LogP contribution in [0.4, 0.5) is 0 Å². The molecule has 2 aliphatic carbocycles. The molecule has 0 unspecified atom stereocenters. The smallest absolute Gasteiger partial charge is 0.309 e. The largest absolute Gasteiger partial charge is 0.481 e. The van der Waals surface area contributed by atoms with Crippen LogP contribution in [0.5, 0.6) is 0 Å². The van der Waals surface area contributed by atoms with Crippen LogP contribution in [0.25, 0.3) is 0 Å². The molecule has 1 saturated carbocycles. The van der Waals surface area contributed by atoms with Gasteiger partial charge in [-0.05, 0) is 0 Å². The summed E-state index contributed by atoms with van der Waals surface area (Å²) in [6.07, 6.45) is 0. The summed E-state index contributed by atoms with van der Waals surface area (Å²) in [6, 6.07) is 0. The molecule has 0 aromatic heterocycles. The average Bonchev–Trinajstić information content (AvgIpc) is 2.48. The molecular weight excluding hydrogens is 385 g/mol. The van der Waals surface area contributed by atoms with E-state index < -0.39 is 37.9 Å². The van der Waals surface area contributed by atoms with Crippen LogP contribution in [0.15, 0.2) is 10.1 Å². The molecule has 2 N–H and O–H groups in total. The Hall–Kier alpha value is 0.420. The van der Waals surface area contributed by atoms with Gasteiger partial charge >= 0.3 is 11.9 Å². The molecule has 2 rings (SSSR count). The Morgan fingerprint density at radius 1 is 0.842 bits per heavy atom. The first-order chi connectivity index (χ1) is 8.45. The summed E-state index contributed by atoms with van der Waals surface area (Å²) in [6.45, 7) is 0. The number of allylic oxidation sites excluding steroid dienone is 2. The Balaban J connectivity index is 2.84. The summed E-state index contributed by atoms with van der Waals surface area (Å²) < 4.78 is -2.18. The van der Waals surface area contributed by atoms with E-state index in [9.17, 15) is 19.8 Å². The number of hydrogen-bond donors (Lipinski definition) is 2. The molecule has 10 heteroatoms. The number of halogens is 6. The van der Waals surface area contributed by atoms with Gasteiger partial charge in [-0.25, -0.2) is 0 Å². The van der Waals surface area contributed by atoms with E-state index >= 15 is 0 Å². The number of hydrogen-bond acceptors (Lipinski definition) is 2. The standard InChI is InChI=1S/C9H4Cl6O4/c10-3-4(11)8(13)2(6(18)19)1(5(16)17)7(3,12)9(8,14)15/h1-2H,(H,16,17)(H,18,19)/t1-,2-,7-,8+/m0/s1. The molecule has 0 radical (unpaired) electrons. The van der Waals surface area contributed by atoms with Crippen molar-refractivity contribution in [1.29, 1.82) is 0 Å². The molecule has 2 bridgehead atoms. The van der Waals surface area contributed by atoms with Crippen molar-refractivity contribution in [1.82, 2.24) is 0 Å². The second-order valence-electron chi connectivity index (χ2n) is 4.26. The SMILES string of the molecule is O=C(O)[C@@H]1[C@@H](C(=O)O)[C@@]2(Cl)C(Cl)=C(Cl)[C@]1(Cl)C2(Cl)Cl. The van der Waals surface area contributed by atoms with Gasteiger partial charge in [-0.15, -0.1) is 23.2 Å². The third-order valence-corrected chi connectivity index (χ3v) is 7.73. The van der Waals surface area contributed by atoms with Crippen LogP contribution in [0.2, 0.25) is 0 Å². The van der Waals surface area contributed by atoms with Crippen molar-refractivity contribution in [3.8, 4) is 0 Å². The van der Waals surface area contributed by atoms with Crippen molar-refractivity contribution in [3.63, 3.8) is 0 Å². The first-order valence-electron chi connectivity index (χ1n) is 4.73. The molecule has 0 heterocycles. The number of carbonyl (C=O) groups is 2. The van der Waals surface area contributed by atoms with E-state index in [1.807, 2.05) is 0 Å². The maximum atomic E-state index is 11.3. The predicted octanol–water partition coefficient (Wildman–Crippen LogP) is 3.23. The molecule has 0 aliphatic heterocycles. The molecule has 0 saturated heterocycles. The van der Waals surface area contributed by atoms with E-state index in [1.165, 1.54) is 0 Å². The lowest BCUT2D eigenvalue weighted by molar-refractivity contribution is -0.153. The third kappa shape index (κ3) is 1.46. The van der Waals surface area contributed by atoms with E-state index in [0.717, 1.165) is 0 Å². The third-order valence-electron chi connectivity index (χ3n) is 3.47. The Labute approximate surface area is 137 Å². The lowest BCUT2D eigenvalue weighted by Gasteiger charge is -2.31. The fourth-order valence-corrected chi connectivity index (χ4v) is 5.54. The molecule has 0 aromatic rings. The molecule has 4 atom stereocenters. The van der Waals surface area contributed by atoms with E-state index in [0.29, 0.717) is 0 Å². The number of rotatable bonds is 2. The van der Waals surface area contributed by atoms with Crippen molar-refractivity contribution >= 4 is 81.5 Å². The van der Waals surface area contributed by atoms with Gasteiger partial charge in [0.05, 0.1) is 21.9 Å². The first-order valence-corrected chi connectivity index (χ1v) is 7.00. The predicted molar refractivity (Wildman–Crippen MR) is 72.6 cm³/mol. The number of carboxylic acids is 2. The monoisotopic (exact) mass is 386 g/mol. The lowest BCUT2D eigenvalue weighted by atomic mass is 9.82. The minimum Gasteiger partial charge on any atom is -0.481 e. The fraction of sp³-hybridized carbons (Fsp3) is 0.556. The van der Waals surface area contributed by atoms with Gasteiger partial charge in [0.2, 0.25) is 0 Å². The lowest BCUT2D eigenvalue weighted by Crippen LogP contribution is -2.45. The summed E-state index contributed by atoms with van der Waals surface area (Å²) >= 11 is 36.2. The number of carboxylic acid groups (broad SMARTS) is 2. The zero-order chi connectivity index (χ0) is 15.0. The van der Waals surface area contributed by atoms with Crippen LogP contribution in [0, 0.1) is 11.8 Å². The number of fused-ring (bicyclic) bond motifs is 2. The molecule has 106 valence electrons. The van der Waals surface area contributed by atoms with Gasteiger partial charge < -0.3 is 10.2 Å². The van der Waals surface area contributed by atoms with Crippen LogP contribution < -0.4 is 0 Å². The molecule has 19 heavy (non-hydrogen) atoms. The van der Waals surface area contributed by atoms with E-state index in [2.05, 4.69) is 0 Å². The first kappa shape index (κ1) is 15.8. The van der Waals surface area contributed by atoms with Crippen LogP contribution in [-0.4, -0.2) is 36.2 Å². The van der Waals surface area contributed by atoms with Gasteiger partial charge in [0.15, 0.2) is 4.33 Å². The van der Waals surface area contributed by atoms with E-state index in [4.69, 9.17) is 69.6 Å². The Bertz CT molecular complexity index is 487. The van der Waals surface area contributed by atoms with Gasteiger partial charge in [0.1, 0.15) is 9.75 Å². The highest BCUT2D eigenvalue weighted by Crippen LogP contribution is 2.76. The van der Waals surface area contributed by atoms with Crippen molar-refractivity contribution in [2.24, 2.45) is 11.8 Å². The van der Waals surface area contributed by atoms with Crippen molar-refractivity contribution < 1.29 is 19.8 Å². The van der Waals surface area contributed by atoms with Crippen molar-refractivity contribution in [2.75, 3.05) is 0 Å². The zero-order valence-electron chi connectivity index (χ0n) is 8.63. The van der Waals surface area contributed by atoms with Gasteiger partial charge in [-0.2, -0.15) is 0 Å². The van der Waals surface area contributed by atoms with Crippen molar-refractivity contribution in [3.05, 3.63) is 10.1 Å². The molecule has 0 aromatic carbocycles. The minimum absolute atomic E-state index is 0.347. The van der Waals surface area contributed by atoms with Gasteiger partial charge in [0.25, 0.3) is 0 Å². The Kier molecular flexibility index (Phi) is 3.50. The van der Waals surface area contributed by atoms with Crippen LogP contribution >= 0.6 is 69.6 Å². The molecule has 0 amide bonds. The highest BCUT2D eigenvalue weighted by atomic mass is 35.5. The topological polar surface area (TPSA) is 74.6 Å². The normalized spacial score (nSPS) is 43.7. The maximum absolute atomic E-state index is 11.3.